The molecule has 36 heavy (non-hydrogen) atoms. The van der Waals surface area contributed by atoms with Crippen LogP contribution in [0, 0.1) is 11.8 Å². The molecule has 0 aromatic heterocycles. The van der Waals surface area contributed by atoms with E-state index in [1.54, 1.807) is 0 Å². The van der Waals surface area contributed by atoms with Crippen molar-refractivity contribution in [2.24, 2.45) is 11.8 Å². The molecule has 1 aliphatic carbocycles. The molecule has 2 nitrogen and oxygen atoms in total. The third-order valence-electron chi connectivity index (χ3n) is 7.29. The number of allylic oxidation sites excluding steroid dienone is 4. The molecule has 0 bridgehead atoms. The molecular formula is C34H26O2. The van der Waals surface area contributed by atoms with Gasteiger partial charge in [0.05, 0.1) is 0 Å². The second kappa shape index (κ2) is 9.31. The van der Waals surface area contributed by atoms with E-state index < -0.39 is 5.41 Å². The van der Waals surface area contributed by atoms with Crippen molar-refractivity contribution in [3.63, 3.8) is 0 Å². The zero-order chi connectivity index (χ0) is 24.4. The van der Waals surface area contributed by atoms with Crippen LogP contribution >= 0.6 is 0 Å². The highest BCUT2D eigenvalue weighted by Crippen LogP contribution is 2.53. The molecule has 1 fully saturated rings. The molecule has 1 saturated heterocycles. The van der Waals surface area contributed by atoms with Gasteiger partial charge in [0, 0.05) is 17.4 Å². The Labute approximate surface area is 211 Å². The summed E-state index contributed by atoms with van der Waals surface area (Å²) in [6.45, 7) is 0. The molecule has 0 amide bonds. The Bertz CT molecular complexity index is 1370. The van der Waals surface area contributed by atoms with Crippen LogP contribution in [0.3, 0.4) is 0 Å². The molecule has 0 saturated carbocycles. The van der Waals surface area contributed by atoms with Gasteiger partial charge in [-0.1, -0.05) is 146 Å². The van der Waals surface area contributed by atoms with Gasteiger partial charge in [-0.2, -0.15) is 0 Å². The summed E-state index contributed by atoms with van der Waals surface area (Å²) in [6.07, 6.45) is 8.48. The minimum Gasteiger partial charge on any atom is -0.429 e. The maximum absolute atomic E-state index is 14.4. The van der Waals surface area contributed by atoms with E-state index in [0.29, 0.717) is 5.76 Å². The molecule has 4 aromatic carbocycles. The number of hydrogen-bond donors (Lipinski definition) is 0. The smallest absolute Gasteiger partial charge is 0.326 e. The highest BCUT2D eigenvalue weighted by molar-refractivity contribution is 5.93. The topological polar surface area (TPSA) is 26.3 Å². The molecule has 0 radical (unpaired) electrons. The minimum absolute atomic E-state index is 0.122. The number of hydrogen-bond acceptors (Lipinski definition) is 2. The van der Waals surface area contributed by atoms with Crippen LogP contribution in [0.4, 0.5) is 0 Å². The number of benzene rings is 4. The summed E-state index contributed by atoms with van der Waals surface area (Å²) < 4.78 is 6.51. The van der Waals surface area contributed by atoms with Crippen molar-refractivity contribution < 1.29 is 9.53 Å². The van der Waals surface area contributed by atoms with E-state index in [2.05, 4.69) is 48.6 Å². The first-order valence-corrected chi connectivity index (χ1v) is 12.3. The number of carbonyl (C=O) groups excluding carboxylic acids is 1. The molecular weight excluding hydrogens is 440 g/mol. The van der Waals surface area contributed by atoms with Gasteiger partial charge in [-0.25, -0.2) is 0 Å². The Morgan fingerprint density at radius 3 is 1.53 bits per heavy atom. The molecule has 6 rings (SSSR count). The third-order valence-corrected chi connectivity index (χ3v) is 7.29. The fraction of sp³-hybridized carbons (Fsp3) is 0.0882. The normalized spacial score (nSPS) is 19.9. The van der Waals surface area contributed by atoms with Crippen molar-refractivity contribution in [3.8, 4) is 0 Å². The van der Waals surface area contributed by atoms with Crippen molar-refractivity contribution in [3.05, 3.63) is 174 Å². The van der Waals surface area contributed by atoms with Crippen molar-refractivity contribution in [2.75, 3.05) is 0 Å². The van der Waals surface area contributed by atoms with Crippen LogP contribution in [0.2, 0.25) is 0 Å². The first-order chi connectivity index (χ1) is 17.8. The molecule has 2 heteroatoms. The van der Waals surface area contributed by atoms with E-state index in [1.807, 2.05) is 97.1 Å². The van der Waals surface area contributed by atoms with E-state index in [1.165, 1.54) is 0 Å². The predicted molar refractivity (Wildman–Crippen MR) is 144 cm³/mol. The molecule has 0 N–H and O–H groups in total. The van der Waals surface area contributed by atoms with E-state index in [4.69, 9.17) is 4.74 Å². The SMILES string of the molecule is O=C1OC(=C(c2ccccc2)c2ccccc2)[C@@H]2C=CC=C[C@@H]2C1(c1ccccc1)c1ccccc1. The second-order valence-electron chi connectivity index (χ2n) is 9.22. The Morgan fingerprint density at radius 2 is 1.03 bits per heavy atom. The van der Waals surface area contributed by atoms with Gasteiger partial charge >= 0.3 is 5.97 Å². The Balaban J connectivity index is 1.63. The van der Waals surface area contributed by atoms with Crippen LogP contribution in [0.5, 0.6) is 0 Å². The molecule has 2 atom stereocenters. The van der Waals surface area contributed by atoms with Crippen LogP contribution in [0.25, 0.3) is 5.57 Å². The largest absolute Gasteiger partial charge is 0.429 e. The van der Waals surface area contributed by atoms with Crippen molar-refractivity contribution in [2.45, 2.75) is 5.41 Å². The van der Waals surface area contributed by atoms with Crippen LogP contribution in [-0.4, -0.2) is 5.97 Å². The third kappa shape index (κ3) is 3.54. The Morgan fingerprint density at radius 1 is 0.583 bits per heavy atom. The summed E-state index contributed by atoms with van der Waals surface area (Å²) in [7, 11) is 0. The second-order valence-corrected chi connectivity index (χ2v) is 9.22. The molecule has 1 aliphatic heterocycles. The lowest BCUT2D eigenvalue weighted by Gasteiger charge is -2.47. The van der Waals surface area contributed by atoms with Crippen LogP contribution in [-0.2, 0) is 14.9 Å². The number of esters is 1. The van der Waals surface area contributed by atoms with E-state index in [0.717, 1.165) is 27.8 Å². The number of carbonyl (C=O) groups is 1. The number of rotatable bonds is 4. The summed E-state index contributed by atoms with van der Waals surface area (Å²) in [4.78, 5) is 14.4. The molecule has 2 aliphatic rings. The van der Waals surface area contributed by atoms with E-state index in [9.17, 15) is 4.79 Å². The number of ether oxygens (including phenoxy) is 1. The van der Waals surface area contributed by atoms with Gasteiger partial charge in [-0.3, -0.25) is 4.79 Å². The maximum Gasteiger partial charge on any atom is 0.326 e. The summed E-state index contributed by atoms with van der Waals surface area (Å²) in [6, 6.07) is 40.6. The minimum atomic E-state index is -0.962. The zero-order valence-electron chi connectivity index (χ0n) is 19.8. The predicted octanol–water partition coefficient (Wildman–Crippen LogP) is 7.35. The highest BCUT2D eigenvalue weighted by Gasteiger charge is 2.56. The lowest BCUT2D eigenvalue weighted by molar-refractivity contribution is -0.151. The number of fused-ring (bicyclic) bond motifs is 1. The maximum atomic E-state index is 14.4. The quantitative estimate of drug-likeness (QED) is 0.294. The van der Waals surface area contributed by atoms with Gasteiger partial charge in [0.2, 0.25) is 0 Å². The summed E-state index contributed by atoms with van der Waals surface area (Å²) >= 11 is 0. The van der Waals surface area contributed by atoms with Gasteiger partial charge in [0.1, 0.15) is 11.2 Å². The van der Waals surface area contributed by atoms with Crippen molar-refractivity contribution >= 4 is 11.5 Å². The lowest BCUT2D eigenvalue weighted by atomic mass is 9.58. The Kier molecular flexibility index (Phi) is 5.71. The summed E-state index contributed by atoms with van der Waals surface area (Å²) in [5.74, 6) is 0.181. The lowest BCUT2D eigenvalue weighted by Crippen LogP contribution is -2.52. The summed E-state index contributed by atoms with van der Waals surface area (Å²) in [5.41, 5.74) is 3.93. The molecule has 0 unspecified atom stereocenters. The van der Waals surface area contributed by atoms with Crippen LogP contribution < -0.4 is 0 Å². The monoisotopic (exact) mass is 466 g/mol. The van der Waals surface area contributed by atoms with Gasteiger partial charge < -0.3 is 4.74 Å². The number of cyclic esters (lactones) is 1. The zero-order valence-corrected chi connectivity index (χ0v) is 19.8. The molecule has 1 heterocycles. The van der Waals surface area contributed by atoms with Crippen molar-refractivity contribution in [1.29, 1.82) is 0 Å². The average molecular weight is 467 g/mol. The standard InChI is InChI=1S/C34H26O2/c35-33-34(27-19-9-3-10-20-27,28-21-11-4-12-22-28)30-24-14-13-23-29(30)32(36-33)31(25-15-5-1-6-16-25)26-17-7-2-8-18-26/h1-24,29-30H/t29-,30+/m1/s1. The Hall–Kier alpha value is -4.43. The molecule has 174 valence electrons. The fourth-order valence-corrected chi connectivity index (χ4v) is 5.72. The van der Waals surface area contributed by atoms with Crippen LogP contribution in [0.1, 0.15) is 22.3 Å². The first kappa shape index (κ1) is 22.1. The summed E-state index contributed by atoms with van der Waals surface area (Å²) in [5, 5.41) is 0. The fourth-order valence-electron chi connectivity index (χ4n) is 5.72. The first-order valence-electron chi connectivity index (χ1n) is 12.3. The van der Waals surface area contributed by atoms with E-state index >= 15 is 0 Å². The molecule has 0 spiro atoms. The van der Waals surface area contributed by atoms with Gasteiger partial charge in [0.25, 0.3) is 0 Å². The van der Waals surface area contributed by atoms with Crippen molar-refractivity contribution in [1.82, 2.24) is 0 Å². The van der Waals surface area contributed by atoms with Gasteiger partial charge in [0.15, 0.2) is 0 Å². The van der Waals surface area contributed by atoms with E-state index in [-0.39, 0.29) is 17.8 Å². The average Bonchev–Trinajstić information content (AvgIpc) is 2.96. The molecule has 4 aromatic rings. The van der Waals surface area contributed by atoms with Crippen LogP contribution in [0.15, 0.2) is 151 Å². The van der Waals surface area contributed by atoms with Gasteiger partial charge in [-0.05, 0) is 22.3 Å². The highest BCUT2D eigenvalue weighted by atomic mass is 16.5. The van der Waals surface area contributed by atoms with Gasteiger partial charge in [-0.15, -0.1) is 0 Å².